The Morgan fingerprint density at radius 3 is 2.38 bits per heavy atom. The molecule has 0 saturated heterocycles. The van der Waals surface area contributed by atoms with Gasteiger partial charge in [-0.1, -0.05) is 43.6 Å². The SMILES string of the molecule is C=CC(=O)Nc1ccc(CCn2c(=O)c(-c3c(Cl)c(OC)cc(OC)c3Cl)cc3cnc(NC(O)C(C)C)nc32)nc1. The van der Waals surface area contributed by atoms with Crippen molar-refractivity contribution in [2.75, 3.05) is 24.9 Å². The van der Waals surface area contributed by atoms with Gasteiger partial charge in [-0.05, 0) is 30.2 Å². The Labute approximate surface area is 252 Å². The highest BCUT2D eigenvalue weighted by molar-refractivity contribution is 6.41. The van der Waals surface area contributed by atoms with Crippen molar-refractivity contribution in [1.29, 1.82) is 0 Å². The first-order valence-electron chi connectivity index (χ1n) is 12.9. The summed E-state index contributed by atoms with van der Waals surface area (Å²) in [5.74, 6) is 0.267. The Hall–Kier alpha value is -4.19. The van der Waals surface area contributed by atoms with Gasteiger partial charge in [0, 0.05) is 41.9 Å². The van der Waals surface area contributed by atoms with Crippen LogP contribution in [0.2, 0.25) is 10.0 Å². The molecule has 1 atom stereocenters. The van der Waals surface area contributed by atoms with Gasteiger partial charge in [0.15, 0.2) is 0 Å². The quantitative estimate of drug-likeness (QED) is 0.159. The van der Waals surface area contributed by atoms with Gasteiger partial charge in [0.2, 0.25) is 11.9 Å². The molecule has 42 heavy (non-hydrogen) atoms. The minimum absolute atomic E-state index is 0.105. The van der Waals surface area contributed by atoms with E-state index in [2.05, 4.69) is 32.2 Å². The lowest BCUT2D eigenvalue weighted by Gasteiger charge is -2.18. The first-order chi connectivity index (χ1) is 20.1. The molecule has 0 aliphatic rings. The fraction of sp³-hybridized carbons (Fsp3) is 0.276. The number of methoxy groups -OCH3 is 2. The summed E-state index contributed by atoms with van der Waals surface area (Å²) in [5.41, 5.74) is 1.51. The zero-order chi connectivity index (χ0) is 30.6. The lowest BCUT2D eigenvalue weighted by molar-refractivity contribution is -0.111. The van der Waals surface area contributed by atoms with Crippen molar-refractivity contribution in [3.8, 4) is 22.6 Å². The van der Waals surface area contributed by atoms with Crippen LogP contribution in [0.1, 0.15) is 19.5 Å². The molecule has 0 aliphatic heterocycles. The smallest absolute Gasteiger partial charge is 0.260 e. The summed E-state index contributed by atoms with van der Waals surface area (Å²) < 4.78 is 12.3. The summed E-state index contributed by atoms with van der Waals surface area (Å²) >= 11 is 13.3. The van der Waals surface area contributed by atoms with E-state index in [-0.39, 0.29) is 57.0 Å². The lowest BCUT2D eigenvalue weighted by Crippen LogP contribution is -2.27. The number of aryl methyl sites for hydroxylation is 2. The number of hydrogen-bond acceptors (Lipinski definition) is 9. The van der Waals surface area contributed by atoms with Crippen LogP contribution in [0.5, 0.6) is 11.5 Å². The summed E-state index contributed by atoms with van der Waals surface area (Å²) in [6.45, 7) is 7.30. The highest BCUT2D eigenvalue weighted by Crippen LogP contribution is 2.45. The highest BCUT2D eigenvalue weighted by atomic mass is 35.5. The molecule has 13 heteroatoms. The summed E-state index contributed by atoms with van der Waals surface area (Å²) in [6, 6.07) is 6.61. The Morgan fingerprint density at radius 1 is 1.12 bits per heavy atom. The second-order valence-corrected chi connectivity index (χ2v) is 10.3. The molecule has 1 unspecified atom stereocenters. The van der Waals surface area contributed by atoms with Gasteiger partial charge in [-0.3, -0.25) is 19.1 Å². The fourth-order valence-electron chi connectivity index (χ4n) is 4.10. The zero-order valence-electron chi connectivity index (χ0n) is 23.4. The van der Waals surface area contributed by atoms with Gasteiger partial charge in [0.05, 0.1) is 41.7 Å². The van der Waals surface area contributed by atoms with Crippen molar-refractivity contribution in [2.45, 2.75) is 33.0 Å². The first-order valence-corrected chi connectivity index (χ1v) is 13.7. The second-order valence-electron chi connectivity index (χ2n) is 9.59. The molecular weight excluding hydrogens is 583 g/mol. The highest BCUT2D eigenvalue weighted by Gasteiger charge is 2.23. The van der Waals surface area contributed by atoms with E-state index in [4.69, 9.17) is 32.7 Å². The summed E-state index contributed by atoms with van der Waals surface area (Å²) in [5, 5.41) is 16.6. The third-order valence-electron chi connectivity index (χ3n) is 6.45. The molecule has 4 rings (SSSR count). The lowest BCUT2D eigenvalue weighted by atomic mass is 10.0. The van der Waals surface area contributed by atoms with Crippen LogP contribution in [0, 0.1) is 5.92 Å². The topological polar surface area (TPSA) is 140 Å². The third kappa shape index (κ3) is 6.48. The number of pyridine rings is 2. The van der Waals surface area contributed by atoms with Crippen molar-refractivity contribution in [3.63, 3.8) is 0 Å². The number of aliphatic hydroxyl groups excluding tert-OH is 1. The van der Waals surface area contributed by atoms with Gasteiger partial charge in [-0.25, -0.2) is 4.98 Å². The number of aromatic nitrogens is 4. The number of halogens is 2. The van der Waals surface area contributed by atoms with E-state index in [1.165, 1.54) is 31.1 Å². The number of ether oxygens (including phenoxy) is 2. The van der Waals surface area contributed by atoms with Gasteiger partial charge in [0.1, 0.15) is 23.4 Å². The fourth-order valence-corrected chi connectivity index (χ4v) is 4.81. The van der Waals surface area contributed by atoms with Crippen LogP contribution in [-0.2, 0) is 17.8 Å². The van der Waals surface area contributed by atoms with Crippen molar-refractivity contribution in [1.82, 2.24) is 19.5 Å². The Balaban J connectivity index is 1.85. The number of fused-ring (bicyclic) bond motifs is 1. The predicted molar refractivity (Wildman–Crippen MR) is 164 cm³/mol. The molecule has 11 nitrogen and oxygen atoms in total. The van der Waals surface area contributed by atoms with Crippen LogP contribution in [0.4, 0.5) is 11.6 Å². The van der Waals surface area contributed by atoms with Crippen LogP contribution in [0.3, 0.4) is 0 Å². The minimum atomic E-state index is -0.895. The second kappa shape index (κ2) is 13.2. The maximum atomic E-state index is 14.1. The number of hydrogen-bond donors (Lipinski definition) is 3. The van der Waals surface area contributed by atoms with E-state index in [9.17, 15) is 14.7 Å². The summed E-state index contributed by atoms with van der Waals surface area (Å²) in [6.07, 6.45) is 3.69. The monoisotopic (exact) mass is 612 g/mol. The van der Waals surface area contributed by atoms with Gasteiger partial charge in [-0.15, -0.1) is 0 Å². The molecule has 1 aromatic carbocycles. The van der Waals surface area contributed by atoms with Crippen LogP contribution >= 0.6 is 23.2 Å². The van der Waals surface area contributed by atoms with E-state index >= 15 is 0 Å². The van der Waals surface area contributed by atoms with Gasteiger partial charge in [0.25, 0.3) is 5.56 Å². The Kier molecular flexibility index (Phi) is 9.66. The Bertz CT molecular complexity index is 1660. The molecule has 3 aromatic heterocycles. The summed E-state index contributed by atoms with van der Waals surface area (Å²) in [7, 11) is 2.90. The molecule has 0 fully saturated rings. The van der Waals surface area contributed by atoms with Crippen LogP contribution in [-0.4, -0.2) is 51.0 Å². The largest absolute Gasteiger partial charge is 0.495 e. The molecule has 220 valence electrons. The molecule has 3 N–H and O–H groups in total. The van der Waals surface area contributed by atoms with E-state index in [1.807, 2.05) is 13.8 Å². The number of amides is 1. The number of aliphatic hydroxyl groups is 1. The van der Waals surface area contributed by atoms with Crippen LogP contribution in [0.15, 0.2) is 54.1 Å². The van der Waals surface area contributed by atoms with E-state index in [0.717, 1.165) is 0 Å². The molecule has 0 spiro atoms. The standard InChI is InChI=1S/C29H30Cl2N6O5/c1-6-22(38)34-18-8-7-17(32-14-18)9-10-37-26-16(13-33-29(35-26)36-27(39)15(2)3)11-19(28(37)40)23-24(30)20(41-4)12-21(42-5)25(23)31/h6-8,11-15,27,39H,1,9-10H2,2-5H3,(H,34,38)(H,33,35,36). The molecule has 3 heterocycles. The molecule has 0 bridgehead atoms. The van der Waals surface area contributed by atoms with Crippen molar-refractivity contribution in [3.05, 3.63) is 75.4 Å². The third-order valence-corrected chi connectivity index (χ3v) is 7.20. The normalized spacial score (nSPS) is 11.8. The van der Waals surface area contributed by atoms with Gasteiger partial charge < -0.3 is 25.2 Å². The van der Waals surface area contributed by atoms with Gasteiger partial charge >= 0.3 is 0 Å². The zero-order valence-corrected chi connectivity index (χ0v) is 25.0. The maximum absolute atomic E-state index is 14.1. The average molecular weight is 614 g/mol. The molecule has 0 saturated carbocycles. The molecular formula is C29H30Cl2N6O5. The van der Waals surface area contributed by atoms with Crippen LogP contribution in [0.25, 0.3) is 22.2 Å². The number of benzene rings is 1. The first kappa shape index (κ1) is 30.8. The average Bonchev–Trinajstić information content (AvgIpc) is 2.98. The van der Waals surface area contributed by atoms with Crippen LogP contribution < -0.4 is 25.7 Å². The number of carbonyl (C=O) groups excluding carboxylic acids is 1. The number of nitrogens with zero attached hydrogens (tertiary/aromatic N) is 4. The van der Waals surface area contributed by atoms with Crippen molar-refractivity contribution < 1.29 is 19.4 Å². The maximum Gasteiger partial charge on any atom is 0.260 e. The Morgan fingerprint density at radius 2 is 1.81 bits per heavy atom. The minimum Gasteiger partial charge on any atom is -0.495 e. The molecule has 0 aliphatic carbocycles. The van der Waals surface area contributed by atoms with E-state index in [1.54, 1.807) is 30.5 Å². The van der Waals surface area contributed by atoms with Gasteiger partial charge in [-0.2, -0.15) is 4.98 Å². The molecule has 1 amide bonds. The van der Waals surface area contributed by atoms with Crippen molar-refractivity contribution >= 4 is 51.8 Å². The number of nitrogens with one attached hydrogen (secondary N) is 2. The van der Waals surface area contributed by atoms with E-state index < -0.39 is 11.8 Å². The summed E-state index contributed by atoms with van der Waals surface area (Å²) in [4.78, 5) is 39.0. The van der Waals surface area contributed by atoms with Crippen molar-refractivity contribution in [2.24, 2.45) is 5.92 Å². The number of carbonyl (C=O) groups is 1. The molecule has 4 aromatic rings. The number of rotatable bonds is 11. The number of anilines is 2. The van der Waals surface area contributed by atoms with E-state index in [0.29, 0.717) is 28.8 Å². The molecule has 0 radical (unpaired) electrons. The predicted octanol–water partition coefficient (Wildman–Crippen LogP) is 4.93.